The van der Waals surface area contributed by atoms with Crippen LogP contribution in [0.1, 0.15) is 35.7 Å². The molecule has 0 aliphatic rings. The zero-order valence-electron chi connectivity index (χ0n) is 10.8. The van der Waals surface area contributed by atoms with Crippen LogP contribution in [0.15, 0.2) is 10.5 Å². The van der Waals surface area contributed by atoms with Gasteiger partial charge in [0.15, 0.2) is 0 Å². The van der Waals surface area contributed by atoms with E-state index in [1.165, 1.54) is 0 Å². The van der Waals surface area contributed by atoms with Crippen LogP contribution in [0.25, 0.3) is 0 Å². The summed E-state index contributed by atoms with van der Waals surface area (Å²) in [6.45, 7) is 5.99. The molecule has 0 aliphatic carbocycles. The smallest absolute Gasteiger partial charge is 0.372 e. The third-order valence-electron chi connectivity index (χ3n) is 2.61. The van der Waals surface area contributed by atoms with E-state index in [4.69, 9.17) is 15.3 Å². The second kappa shape index (κ2) is 5.68. The van der Waals surface area contributed by atoms with Crippen LogP contribution in [-0.2, 0) is 11.3 Å². The Morgan fingerprint density at radius 1 is 1.50 bits per heavy atom. The van der Waals surface area contributed by atoms with Gasteiger partial charge in [0.05, 0.1) is 13.1 Å². The molecule has 0 fully saturated rings. The Labute approximate surface area is 105 Å². The van der Waals surface area contributed by atoms with Gasteiger partial charge in [-0.15, -0.1) is 0 Å². The van der Waals surface area contributed by atoms with Crippen molar-refractivity contribution >= 4 is 11.9 Å². The van der Waals surface area contributed by atoms with Crippen molar-refractivity contribution in [1.29, 1.82) is 0 Å². The largest absolute Gasteiger partial charge is 0.475 e. The van der Waals surface area contributed by atoms with Crippen LogP contribution in [0.4, 0.5) is 0 Å². The SMILES string of the molecule is Cc1cc(CN(CC(N)=O)C(C)C)oc1C(=O)O. The predicted molar refractivity (Wildman–Crippen MR) is 65.1 cm³/mol. The summed E-state index contributed by atoms with van der Waals surface area (Å²) in [6, 6.07) is 1.77. The third kappa shape index (κ3) is 3.59. The number of carbonyl (C=O) groups is 2. The molecule has 1 aromatic heterocycles. The molecule has 0 aromatic carbocycles. The lowest BCUT2D eigenvalue weighted by Crippen LogP contribution is -2.37. The van der Waals surface area contributed by atoms with Crippen molar-refractivity contribution in [3.05, 3.63) is 23.2 Å². The number of rotatable bonds is 6. The number of carboxylic acids is 1. The molecule has 0 saturated heterocycles. The van der Waals surface area contributed by atoms with Gasteiger partial charge in [-0.25, -0.2) is 4.79 Å². The highest BCUT2D eigenvalue weighted by Crippen LogP contribution is 2.17. The van der Waals surface area contributed by atoms with Gasteiger partial charge in [0.1, 0.15) is 5.76 Å². The summed E-state index contributed by atoms with van der Waals surface area (Å²) in [5.41, 5.74) is 5.73. The Balaban J connectivity index is 2.84. The zero-order valence-corrected chi connectivity index (χ0v) is 10.8. The third-order valence-corrected chi connectivity index (χ3v) is 2.61. The van der Waals surface area contributed by atoms with Crippen molar-refractivity contribution in [2.45, 2.75) is 33.4 Å². The number of hydrogen-bond donors (Lipinski definition) is 2. The van der Waals surface area contributed by atoms with E-state index in [2.05, 4.69) is 0 Å². The van der Waals surface area contributed by atoms with Crippen molar-refractivity contribution in [3.63, 3.8) is 0 Å². The van der Waals surface area contributed by atoms with E-state index >= 15 is 0 Å². The summed E-state index contributed by atoms with van der Waals surface area (Å²) in [5.74, 6) is -1.07. The van der Waals surface area contributed by atoms with Gasteiger partial charge in [0.2, 0.25) is 11.7 Å². The van der Waals surface area contributed by atoms with Crippen LogP contribution < -0.4 is 5.73 Å². The fraction of sp³-hybridized carbons (Fsp3) is 0.500. The normalized spacial score (nSPS) is 11.2. The average molecular weight is 254 g/mol. The maximum absolute atomic E-state index is 10.9. The van der Waals surface area contributed by atoms with Gasteiger partial charge in [0.25, 0.3) is 0 Å². The Bertz CT molecular complexity index is 451. The quantitative estimate of drug-likeness (QED) is 0.788. The monoisotopic (exact) mass is 254 g/mol. The molecule has 0 radical (unpaired) electrons. The number of aromatic carboxylic acids is 1. The average Bonchev–Trinajstić information content (AvgIpc) is 2.57. The molecule has 6 nitrogen and oxygen atoms in total. The molecule has 100 valence electrons. The minimum absolute atomic E-state index is 0.0622. The van der Waals surface area contributed by atoms with Gasteiger partial charge < -0.3 is 15.3 Å². The lowest BCUT2D eigenvalue weighted by atomic mass is 10.2. The van der Waals surface area contributed by atoms with E-state index in [0.29, 0.717) is 17.9 Å². The highest BCUT2D eigenvalue weighted by molar-refractivity contribution is 5.86. The van der Waals surface area contributed by atoms with Gasteiger partial charge in [-0.3, -0.25) is 9.69 Å². The molecule has 0 saturated carbocycles. The molecule has 6 heteroatoms. The standard InChI is InChI=1S/C12H18N2O4/c1-7(2)14(6-10(13)15)5-9-4-8(3)11(18-9)12(16)17/h4,7H,5-6H2,1-3H3,(H2,13,15)(H,16,17). The van der Waals surface area contributed by atoms with Crippen LogP contribution in [0.2, 0.25) is 0 Å². The highest BCUT2D eigenvalue weighted by Gasteiger charge is 2.18. The molecule has 0 atom stereocenters. The minimum Gasteiger partial charge on any atom is -0.475 e. The van der Waals surface area contributed by atoms with Crippen LogP contribution in [0.3, 0.4) is 0 Å². The zero-order chi connectivity index (χ0) is 13.9. The van der Waals surface area contributed by atoms with E-state index < -0.39 is 11.9 Å². The number of hydrogen-bond acceptors (Lipinski definition) is 4. The Kier molecular flexibility index (Phi) is 4.49. The number of primary amides is 1. The fourth-order valence-corrected chi connectivity index (χ4v) is 1.66. The molecule has 3 N–H and O–H groups in total. The maximum atomic E-state index is 10.9. The molecule has 0 unspecified atom stereocenters. The molecular weight excluding hydrogens is 236 g/mol. The van der Waals surface area contributed by atoms with Gasteiger partial charge in [-0.05, 0) is 26.8 Å². The van der Waals surface area contributed by atoms with Crippen molar-refractivity contribution in [3.8, 4) is 0 Å². The molecule has 0 bridgehead atoms. The number of aryl methyl sites for hydroxylation is 1. The van der Waals surface area contributed by atoms with Gasteiger partial charge in [-0.1, -0.05) is 0 Å². The summed E-state index contributed by atoms with van der Waals surface area (Å²) < 4.78 is 5.24. The summed E-state index contributed by atoms with van der Waals surface area (Å²) in [6.07, 6.45) is 0. The highest BCUT2D eigenvalue weighted by atomic mass is 16.4. The van der Waals surface area contributed by atoms with E-state index in [-0.39, 0.29) is 18.3 Å². The van der Waals surface area contributed by atoms with Gasteiger partial charge >= 0.3 is 5.97 Å². The lowest BCUT2D eigenvalue weighted by molar-refractivity contribution is -0.119. The summed E-state index contributed by atoms with van der Waals surface area (Å²) in [4.78, 5) is 23.6. The number of carboxylic acid groups (broad SMARTS) is 1. The molecule has 1 amide bonds. The van der Waals surface area contributed by atoms with Crippen LogP contribution in [0, 0.1) is 6.92 Å². The van der Waals surface area contributed by atoms with Gasteiger partial charge in [0, 0.05) is 11.6 Å². The van der Waals surface area contributed by atoms with Crippen LogP contribution in [-0.4, -0.2) is 34.5 Å². The first-order chi connectivity index (χ1) is 8.31. The van der Waals surface area contributed by atoms with E-state index in [0.717, 1.165) is 0 Å². The molecule has 1 rings (SSSR count). The predicted octanol–water partition coefficient (Wildman–Crippen LogP) is 0.982. The van der Waals surface area contributed by atoms with Crippen LogP contribution >= 0.6 is 0 Å². The number of furan rings is 1. The molecule has 0 spiro atoms. The second-order valence-electron chi connectivity index (χ2n) is 4.50. The minimum atomic E-state index is -1.09. The molecule has 1 heterocycles. The first kappa shape index (κ1) is 14.2. The molecule has 0 aliphatic heterocycles. The number of carbonyl (C=O) groups excluding carboxylic acids is 1. The van der Waals surface area contributed by atoms with E-state index in [1.54, 1.807) is 13.0 Å². The Morgan fingerprint density at radius 2 is 2.11 bits per heavy atom. The number of nitrogens with two attached hydrogens (primary N) is 1. The van der Waals surface area contributed by atoms with Crippen molar-refractivity contribution in [2.75, 3.05) is 6.54 Å². The second-order valence-corrected chi connectivity index (χ2v) is 4.50. The van der Waals surface area contributed by atoms with E-state index in [9.17, 15) is 9.59 Å². The van der Waals surface area contributed by atoms with Crippen molar-refractivity contribution in [1.82, 2.24) is 4.90 Å². The van der Waals surface area contributed by atoms with Crippen molar-refractivity contribution < 1.29 is 19.1 Å². The number of nitrogens with zero attached hydrogens (tertiary/aromatic N) is 1. The molecular formula is C12H18N2O4. The first-order valence-corrected chi connectivity index (χ1v) is 5.66. The summed E-state index contributed by atoms with van der Waals surface area (Å²) in [5, 5.41) is 8.89. The first-order valence-electron chi connectivity index (χ1n) is 5.66. The fourth-order valence-electron chi connectivity index (χ4n) is 1.66. The molecule has 18 heavy (non-hydrogen) atoms. The summed E-state index contributed by atoms with van der Waals surface area (Å²) in [7, 11) is 0. The maximum Gasteiger partial charge on any atom is 0.372 e. The number of amides is 1. The van der Waals surface area contributed by atoms with Gasteiger partial charge in [-0.2, -0.15) is 0 Å². The summed E-state index contributed by atoms with van der Waals surface area (Å²) >= 11 is 0. The Hall–Kier alpha value is -1.82. The topological polar surface area (TPSA) is 96.8 Å². The Morgan fingerprint density at radius 3 is 2.50 bits per heavy atom. The lowest BCUT2D eigenvalue weighted by Gasteiger charge is -2.23. The van der Waals surface area contributed by atoms with Crippen LogP contribution in [0.5, 0.6) is 0 Å². The molecule has 1 aromatic rings. The van der Waals surface area contributed by atoms with Crippen molar-refractivity contribution in [2.24, 2.45) is 5.73 Å². The van der Waals surface area contributed by atoms with E-state index in [1.807, 2.05) is 18.7 Å².